The molecule has 0 fully saturated rings. The van der Waals surface area contributed by atoms with E-state index in [1.54, 1.807) is 24.4 Å². The van der Waals surface area contributed by atoms with Gasteiger partial charge in [-0.25, -0.2) is 0 Å². The van der Waals surface area contributed by atoms with Crippen molar-refractivity contribution in [3.63, 3.8) is 0 Å². The highest BCUT2D eigenvalue weighted by Crippen LogP contribution is 2.37. The quantitative estimate of drug-likeness (QED) is 0.818. The summed E-state index contributed by atoms with van der Waals surface area (Å²) >= 11 is 0. The zero-order valence-corrected chi connectivity index (χ0v) is 9.27. The second-order valence-corrected chi connectivity index (χ2v) is 3.84. The SMILES string of the molecule is FC(F)Oc1ccc2c(c1)COc1cccnc1-2. The largest absolute Gasteiger partial charge is 0.487 e. The van der Waals surface area contributed by atoms with Crippen molar-refractivity contribution in [2.75, 3.05) is 0 Å². The van der Waals surface area contributed by atoms with Crippen LogP contribution in [-0.2, 0) is 6.61 Å². The summed E-state index contributed by atoms with van der Waals surface area (Å²) in [6.45, 7) is -2.49. The summed E-state index contributed by atoms with van der Waals surface area (Å²) < 4.78 is 34.1. The number of halogens is 2. The van der Waals surface area contributed by atoms with Crippen LogP contribution in [0.3, 0.4) is 0 Å². The lowest BCUT2D eigenvalue weighted by molar-refractivity contribution is -0.0499. The van der Waals surface area contributed by atoms with Gasteiger partial charge in [0.15, 0.2) is 0 Å². The van der Waals surface area contributed by atoms with Crippen molar-refractivity contribution in [1.29, 1.82) is 0 Å². The van der Waals surface area contributed by atoms with E-state index in [0.29, 0.717) is 12.4 Å². The first-order valence-corrected chi connectivity index (χ1v) is 5.40. The Labute approximate surface area is 102 Å². The van der Waals surface area contributed by atoms with E-state index in [2.05, 4.69) is 9.72 Å². The molecule has 1 aromatic carbocycles. The van der Waals surface area contributed by atoms with Crippen LogP contribution in [0.4, 0.5) is 8.78 Å². The Bertz CT molecular complexity index is 587. The summed E-state index contributed by atoms with van der Waals surface area (Å²) in [4.78, 5) is 4.24. The number of alkyl halides is 2. The Morgan fingerprint density at radius 2 is 2.17 bits per heavy atom. The van der Waals surface area contributed by atoms with Gasteiger partial charge in [0.2, 0.25) is 0 Å². The second-order valence-electron chi connectivity index (χ2n) is 3.84. The number of ether oxygens (including phenoxy) is 2. The van der Waals surface area contributed by atoms with Gasteiger partial charge in [0, 0.05) is 17.3 Å². The van der Waals surface area contributed by atoms with Crippen molar-refractivity contribution in [2.45, 2.75) is 13.2 Å². The summed E-state index contributed by atoms with van der Waals surface area (Å²) in [7, 11) is 0. The molecule has 0 saturated heterocycles. The van der Waals surface area contributed by atoms with Crippen molar-refractivity contribution < 1.29 is 18.3 Å². The van der Waals surface area contributed by atoms with Crippen LogP contribution < -0.4 is 9.47 Å². The lowest BCUT2D eigenvalue weighted by atomic mass is 10.0. The molecule has 18 heavy (non-hydrogen) atoms. The molecule has 92 valence electrons. The van der Waals surface area contributed by atoms with E-state index >= 15 is 0 Å². The van der Waals surface area contributed by atoms with Gasteiger partial charge >= 0.3 is 6.61 Å². The Balaban J connectivity index is 2.03. The molecule has 3 rings (SSSR count). The first-order valence-electron chi connectivity index (χ1n) is 5.40. The van der Waals surface area contributed by atoms with Crippen LogP contribution >= 0.6 is 0 Å². The van der Waals surface area contributed by atoms with Gasteiger partial charge in [0.25, 0.3) is 0 Å². The van der Waals surface area contributed by atoms with Gasteiger partial charge in [-0.15, -0.1) is 0 Å². The molecule has 2 aromatic rings. The first kappa shape index (κ1) is 11.0. The van der Waals surface area contributed by atoms with Crippen molar-refractivity contribution in [3.8, 4) is 22.8 Å². The highest BCUT2D eigenvalue weighted by atomic mass is 19.3. The van der Waals surface area contributed by atoms with Crippen molar-refractivity contribution in [2.24, 2.45) is 0 Å². The molecule has 0 aliphatic carbocycles. The fourth-order valence-corrected chi connectivity index (χ4v) is 1.96. The number of fused-ring (bicyclic) bond motifs is 3. The fourth-order valence-electron chi connectivity index (χ4n) is 1.96. The van der Waals surface area contributed by atoms with Crippen molar-refractivity contribution >= 4 is 0 Å². The van der Waals surface area contributed by atoms with Crippen LogP contribution in [0.1, 0.15) is 5.56 Å². The van der Waals surface area contributed by atoms with Crippen LogP contribution in [0.5, 0.6) is 11.5 Å². The molecule has 0 radical (unpaired) electrons. The van der Waals surface area contributed by atoms with Gasteiger partial charge in [0.05, 0.1) is 0 Å². The van der Waals surface area contributed by atoms with E-state index in [1.807, 2.05) is 6.07 Å². The monoisotopic (exact) mass is 249 g/mol. The highest BCUT2D eigenvalue weighted by Gasteiger charge is 2.19. The third-order valence-electron chi connectivity index (χ3n) is 2.71. The third-order valence-corrected chi connectivity index (χ3v) is 2.71. The summed E-state index contributed by atoms with van der Waals surface area (Å²) in [5.74, 6) is 0.833. The maximum atomic E-state index is 12.1. The minimum absolute atomic E-state index is 0.131. The molecule has 0 atom stereocenters. The van der Waals surface area contributed by atoms with Crippen LogP contribution in [0.25, 0.3) is 11.3 Å². The van der Waals surface area contributed by atoms with Crippen molar-refractivity contribution in [3.05, 3.63) is 42.1 Å². The Hall–Kier alpha value is -2.17. The van der Waals surface area contributed by atoms with Gasteiger partial charge < -0.3 is 9.47 Å². The van der Waals surface area contributed by atoms with Gasteiger partial charge in [-0.2, -0.15) is 8.78 Å². The predicted molar refractivity (Wildman–Crippen MR) is 60.6 cm³/mol. The zero-order valence-electron chi connectivity index (χ0n) is 9.27. The predicted octanol–water partition coefficient (Wildman–Crippen LogP) is 3.24. The molecular formula is C13H9F2NO2. The minimum atomic E-state index is -2.82. The number of hydrogen-bond donors (Lipinski definition) is 0. The molecule has 0 unspecified atom stereocenters. The average Bonchev–Trinajstić information content (AvgIpc) is 2.37. The van der Waals surface area contributed by atoms with Gasteiger partial charge in [-0.1, -0.05) is 0 Å². The third kappa shape index (κ3) is 1.88. The molecule has 3 nitrogen and oxygen atoms in total. The van der Waals surface area contributed by atoms with Gasteiger partial charge in [0.1, 0.15) is 23.8 Å². The Kier molecular flexibility index (Phi) is 2.59. The number of benzene rings is 1. The van der Waals surface area contributed by atoms with E-state index in [0.717, 1.165) is 16.8 Å². The van der Waals surface area contributed by atoms with Crippen LogP contribution in [0.15, 0.2) is 36.5 Å². The number of hydrogen-bond acceptors (Lipinski definition) is 3. The topological polar surface area (TPSA) is 31.4 Å². The van der Waals surface area contributed by atoms with E-state index in [9.17, 15) is 8.78 Å². The van der Waals surface area contributed by atoms with Crippen LogP contribution in [0, 0.1) is 0 Å². The number of nitrogens with zero attached hydrogens (tertiary/aromatic N) is 1. The molecule has 1 aromatic heterocycles. The minimum Gasteiger partial charge on any atom is -0.487 e. The smallest absolute Gasteiger partial charge is 0.387 e. The first-order chi connectivity index (χ1) is 8.74. The van der Waals surface area contributed by atoms with E-state index < -0.39 is 6.61 Å². The van der Waals surface area contributed by atoms with E-state index in [1.165, 1.54) is 6.07 Å². The second kappa shape index (κ2) is 4.25. The molecule has 5 heteroatoms. The number of aromatic nitrogens is 1. The van der Waals surface area contributed by atoms with E-state index in [4.69, 9.17) is 4.74 Å². The number of pyridine rings is 1. The van der Waals surface area contributed by atoms with Gasteiger partial charge in [-0.05, 0) is 30.3 Å². The number of rotatable bonds is 2. The zero-order chi connectivity index (χ0) is 12.5. The summed E-state index contributed by atoms with van der Waals surface area (Å²) in [6.07, 6.45) is 1.67. The Morgan fingerprint density at radius 1 is 1.28 bits per heavy atom. The molecule has 2 heterocycles. The molecule has 0 bridgehead atoms. The normalized spacial score (nSPS) is 12.6. The lowest BCUT2D eigenvalue weighted by Crippen LogP contribution is -2.08. The fraction of sp³-hybridized carbons (Fsp3) is 0.154. The highest BCUT2D eigenvalue weighted by molar-refractivity contribution is 5.72. The molecule has 0 N–H and O–H groups in total. The van der Waals surface area contributed by atoms with Crippen molar-refractivity contribution in [1.82, 2.24) is 4.98 Å². The molecule has 0 amide bonds. The summed E-state index contributed by atoms with van der Waals surface area (Å²) in [6, 6.07) is 8.40. The van der Waals surface area contributed by atoms with E-state index in [-0.39, 0.29) is 5.75 Å². The average molecular weight is 249 g/mol. The molecule has 0 saturated carbocycles. The van der Waals surface area contributed by atoms with Crippen LogP contribution in [0.2, 0.25) is 0 Å². The van der Waals surface area contributed by atoms with Gasteiger partial charge in [-0.3, -0.25) is 4.98 Å². The molecule has 1 aliphatic rings. The summed E-state index contributed by atoms with van der Waals surface area (Å²) in [5.41, 5.74) is 2.40. The molecular weight excluding hydrogens is 240 g/mol. The summed E-state index contributed by atoms with van der Waals surface area (Å²) in [5, 5.41) is 0. The Morgan fingerprint density at radius 3 is 3.00 bits per heavy atom. The maximum absolute atomic E-state index is 12.1. The standard InChI is InChI=1S/C13H9F2NO2/c14-13(15)18-9-3-4-10-8(6-9)7-17-11-2-1-5-16-12(10)11/h1-6,13H,7H2. The molecule has 0 spiro atoms. The molecule has 1 aliphatic heterocycles. The maximum Gasteiger partial charge on any atom is 0.387 e. The van der Waals surface area contributed by atoms with Crippen LogP contribution in [-0.4, -0.2) is 11.6 Å². The lowest BCUT2D eigenvalue weighted by Gasteiger charge is -2.20.